The molecule has 1 aromatic rings. The van der Waals surface area contributed by atoms with E-state index in [1.165, 1.54) is 19.3 Å². The number of halogens is 1. The molecule has 0 bridgehead atoms. The minimum Gasteiger partial charge on any atom is -0.412 e. The first kappa shape index (κ1) is 6.89. The molecule has 1 aromatic heterocycles. The molecule has 2 aliphatic rings. The van der Waals surface area contributed by atoms with Crippen molar-refractivity contribution in [3.05, 3.63) is 11.2 Å². The molecule has 2 atom stereocenters. The largest absolute Gasteiger partial charge is 0.412 e. The van der Waals surface area contributed by atoms with Crippen molar-refractivity contribution < 1.29 is 4.42 Å². The molecule has 0 N–H and O–H groups in total. The predicted molar refractivity (Wildman–Crippen MR) is 42.9 cm³/mol. The Morgan fingerprint density at radius 1 is 1.25 bits per heavy atom. The van der Waals surface area contributed by atoms with Crippen LogP contribution < -0.4 is 0 Å². The lowest BCUT2D eigenvalue weighted by Gasteiger charge is -1.94. The Kier molecular flexibility index (Phi) is 1.28. The van der Waals surface area contributed by atoms with Crippen LogP contribution in [0.15, 0.2) is 4.42 Å². The molecule has 2 unspecified atom stereocenters. The molecule has 3 rings (SSSR count). The van der Waals surface area contributed by atoms with Crippen LogP contribution in [-0.4, -0.2) is 10.2 Å². The summed E-state index contributed by atoms with van der Waals surface area (Å²) in [5, 5.41) is 7.74. The van der Waals surface area contributed by atoms with Gasteiger partial charge in [0.25, 0.3) is 0 Å². The SMILES string of the molecule is Clc1nnc(C2C3CCCC32)o1. The van der Waals surface area contributed by atoms with E-state index in [0.29, 0.717) is 5.92 Å². The topological polar surface area (TPSA) is 38.9 Å². The Bertz CT molecular complexity index is 302. The van der Waals surface area contributed by atoms with Gasteiger partial charge in [-0.15, -0.1) is 5.10 Å². The van der Waals surface area contributed by atoms with Gasteiger partial charge in [0.1, 0.15) is 0 Å². The fourth-order valence-corrected chi connectivity index (χ4v) is 2.66. The third kappa shape index (κ3) is 0.829. The molecular weight excluding hydrogens is 176 g/mol. The van der Waals surface area contributed by atoms with E-state index in [0.717, 1.165) is 17.7 Å². The number of aromatic nitrogens is 2. The number of rotatable bonds is 1. The highest BCUT2D eigenvalue weighted by atomic mass is 35.5. The van der Waals surface area contributed by atoms with Crippen molar-refractivity contribution in [1.29, 1.82) is 0 Å². The summed E-state index contributed by atoms with van der Waals surface area (Å²) in [5.41, 5.74) is 0. The van der Waals surface area contributed by atoms with Crippen LogP contribution in [0.5, 0.6) is 0 Å². The van der Waals surface area contributed by atoms with E-state index in [2.05, 4.69) is 10.2 Å². The summed E-state index contributed by atoms with van der Waals surface area (Å²) >= 11 is 5.55. The van der Waals surface area contributed by atoms with E-state index < -0.39 is 0 Å². The zero-order valence-electron chi connectivity index (χ0n) is 6.53. The summed E-state index contributed by atoms with van der Waals surface area (Å²) in [4.78, 5) is 0. The van der Waals surface area contributed by atoms with Crippen molar-refractivity contribution in [1.82, 2.24) is 10.2 Å². The molecule has 64 valence electrons. The van der Waals surface area contributed by atoms with E-state index in [1.807, 2.05) is 0 Å². The molecule has 4 heteroatoms. The second kappa shape index (κ2) is 2.22. The lowest BCUT2D eigenvalue weighted by atomic mass is 10.1. The number of hydrogen-bond acceptors (Lipinski definition) is 3. The van der Waals surface area contributed by atoms with Crippen molar-refractivity contribution in [2.45, 2.75) is 25.2 Å². The summed E-state index contributed by atoms with van der Waals surface area (Å²) in [5.74, 6) is 2.94. The Morgan fingerprint density at radius 2 is 2.00 bits per heavy atom. The Morgan fingerprint density at radius 3 is 2.58 bits per heavy atom. The highest BCUT2D eigenvalue weighted by Crippen LogP contribution is 2.62. The first-order chi connectivity index (χ1) is 5.86. The maximum Gasteiger partial charge on any atom is 0.312 e. The van der Waals surface area contributed by atoms with Gasteiger partial charge in [0.15, 0.2) is 0 Å². The highest BCUT2D eigenvalue weighted by Gasteiger charge is 2.56. The lowest BCUT2D eigenvalue weighted by molar-refractivity contribution is 0.470. The van der Waals surface area contributed by atoms with E-state index >= 15 is 0 Å². The van der Waals surface area contributed by atoms with Crippen molar-refractivity contribution in [2.75, 3.05) is 0 Å². The second-order valence-electron chi connectivity index (χ2n) is 3.68. The molecular formula is C8H9ClN2O. The van der Waals surface area contributed by atoms with Crippen LogP contribution in [0.2, 0.25) is 5.35 Å². The van der Waals surface area contributed by atoms with Crippen molar-refractivity contribution in [2.24, 2.45) is 11.8 Å². The third-order valence-corrected chi connectivity index (χ3v) is 3.26. The van der Waals surface area contributed by atoms with E-state index in [-0.39, 0.29) is 5.35 Å². The first-order valence-corrected chi connectivity index (χ1v) is 4.73. The number of fused-ring (bicyclic) bond motifs is 1. The number of nitrogens with zero attached hydrogens (tertiary/aromatic N) is 2. The minimum atomic E-state index is 0.176. The van der Waals surface area contributed by atoms with Crippen LogP contribution in [0.1, 0.15) is 31.1 Å². The highest BCUT2D eigenvalue weighted by molar-refractivity contribution is 6.27. The molecule has 0 radical (unpaired) electrons. The maximum atomic E-state index is 5.55. The van der Waals surface area contributed by atoms with Crippen LogP contribution in [0.25, 0.3) is 0 Å². The predicted octanol–water partition coefficient (Wildman–Crippen LogP) is 2.24. The van der Waals surface area contributed by atoms with Crippen LogP contribution >= 0.6 is 11.6 Å². The molecule has 0 aliphatic heterocycles. The minimum absolute atomic E-state index is 0.176. The van der Waals surface area contributed by atoms with Gasteiger partial charge in [-0.1, -0.05) is 11.5 Å². The van der Waals surface area contributed by atoms with Crippen LogP contribution in [0.3, 0.4) is 0 Å². The summed E-state index contributed by atoms with van der Waals surface area (Å²) < 4.78 is 5.19. The zero-order valence-corrected chi connectivity index (χ0v) is 7.29. The van der Waals surface area contributed by atoms with Gasteiger partial charge in [-0.3, -0.25) is 0 Å². The maximum absolute atomic E-state index is 5.55. The van der Waals surface area contributed by atoms with Gasteiger partial charge in [-0.2, -0.15) is 0 Å². The van der Waals surface area contributed by atoms with Gasteiger partial charge in [-0.25, -0.2) is 0 Å². The molecule has 0 aromatic carbocycles. The lowest BCUT2D eigenvalue weighted by Crippen LogP contribution is -1.87. The van der Waals surface area contributed by atoms with Gasteiger partial charge >= 0.3 is 5.35 Å². The number of hydrogen-bond donors (Lipinski definition) is 0. The molecule has 2 aliphatic carbocycles. The van der Waals surface area contributed by atoms with Crippen molar-refractivity contribution in [3.63, 3.8) is 0 Å². The van der Waals surface area contributed by atoms with E-state index in [1.54, 1.807) is 0 Å². The second-order valence-corrected chi connectivity index (χ2v) is 4.00. The van der Waals surface area contributed by atoms with Gasteiger partial charge in [-0.05, 0) is 36.3 Å². The Balaban J connectivity index is 1.84. The van der Waals surface area contributed by atoms with E-state index in [9.17, 15) is 0 Å². The summed E-state index contributed by atoms with van der Waals surface area (Å²) in [6, 6.07) is 0. The molecule has 2 saturated carbocycles. The quantitative estimate of drug-likeness (QED) is 0.672. The normalized spacial score (nSPS) is 38.2. The van der Waals surface area contributed by atoms with Gasteiger partial charge < -0.3 is 4.42 Å². The molecule has 2 fully saturated rings. The fourth-order valence-electron chi connectivity index (χ4n) is 2.54. The first-order valence-electron chi connectivity index (χ1n) is 4.35. The summed E-state index contributed by atoms with van der Waals surface area (Å²) in [7, 11) is 0. The Labute approximate surface area is 75.1 Å². The molecule has 0 saturated heterocycles. The molecule has 3 nitrogen and oxygen atoms in total. The van der Waals surface area contributed by atoms with Gasteiger partial charge in [0.05, 0.1) is 0 Å². The smallest absolute Gasteiger partial charge is 0.312 e. The van der Waals surface area contributed by atoms with E-state index in [4.69, 9.17) is 16.0 Å². The van der Waals surface area contributed by atoms with Gasteiger partial charge in [0, 0.05) is 5.92 Å². The zero-order chi connectivity index (χ0) is 8.13. The van der Waals surface area contributed by atoms with Crippen molar-refractivity contribution in [3.8, 4) is 0 Å². The average Bonchev–Trinajstić information content (AvgIpc) is 2.55. The Hall–Kier alpha value is -0.570. The summed E-state index contributed by atoms with van der Waals surface area (Å²) in [6.07, 6.45) is 4.03. The fraction of sp³-hybridized carbons (Fsp3) is 0.750. The standard InChI is InChI=1S/C8H9ClN2O/c9-8-11-10-7(12-8)6-4-2-1-3-5(4)6/h4-6H,1-3H2. The van der Waals surface area contributed by atoms with Gasteiger partial charge in [0.2, 0.25) is 5.89 Å². The van der Waals surface area contributed by atoms with Crippen LogP contribution in [0.4, 0.5) is 0 Å². The molecule has 0 spiro atoms. The van der Waals surface area contributed by atoms with Crippen LogP contribution in [0, 0.1) is 11.8 Å². The van der Waals surface area contributed by atoms with Crippen LogP contribution in [-0.2, 0) is 0 Å². The monoisotopic (exact) mass is 184 g/mol. The summed E-state index contributed by atoms with van der Waals surface area (Å²) in [6.45, 7) is 0. The molecule has 1 heterocycles. The third-order valence-electron chi connectivity index (χ3n) is 3.11. The average molecular weight is 185 g/mol. The molecule has 12 heavy (non-hydrogen) atoms. The van der Waals surface area contributed by atoms with Crippen molar-refractivity contribution >= 4 is 11.6 Å². The molecule has 0 amide bonds.